The minimum absolute atomic E-state index is 0.773. The maximum absolute atomic E-state index is 5.61. The van der Waals surface area contributed by atoms with Gasteiger partial charge in [0, 0.05) is 0 Å². The molecule has 0 aliphatic heterocycles. The Balaban J connectivity index is 1.36. The van der Waals surface area contributed by atoms with Crippen molar-refractivity contribution in [3.05, 3.63) is 122 Å². The summed E-state index contributed by atoms with van der Waals surface area (Å²) in [5.74, 6) is 0. The van der Waals surface area contributed by atoms with Crippen molar-refractivity contribution in [1.29, 1.82) is 0 Å². The molecule has 8 rings (SSSR count). The van der Waals surface area contributed by atoms with Gasteiger partial charge in [-0.2, -0.15) is 0 Å². The zero-order valence-corrected chi connectivity index (χ0v) is 20.3. The molecule has 0 spiro atoms. The van der Waals surface area contributed by atoms with Crippen LogP contribution in [0.1, 0.15) is 0 Å². The molecule has 0 amide bonds. The fourth-order valence-electron chi connectivity index (χ4n) is 5.38. The van der Waals surface area contributed by atoms with Gasteiger partial charge in [-0.3, -0.25) is 0 Å². The van der Waals surface area contributed by atoms with Gasteiger partial charge in [0.1, 0.15) is 11.0 Å². The lowest BCUT2D eigenvalue weighted by Gasteiger charge is -2.13. The second-order valence-electron chi connectivity index (χ2n) is 9.59. The predicted octanol–water partition coefficient (Wildman–Crippen LogP) is 9.28. The molecule has 6 aromatic carbocycles. The molecule has 0 N–H and O–H groups in total. The van der Waals surface area contributed by atoms with Gasteiger partial charge in [-0.1, -0.05) is 60.7 Å². The van der Waals surface area contributed by atoms with Crippen LogP contribution in [-0.2, 0) is 0 Å². The predicted molar refractivity (Wildman–Crippen MR) is 153 cm³/mol. The molecule has 0 saturated heterocycles. The zero-order chi connectivity index (χ0) is 25.1. The van der Waals surface area contributed by atoms with Crippen molar-refractivity contribution in [1.82, 2.24) is 9.97 Å². The number of fused-ring (bicyclic) bond motifs is 5. The van der Waals surface area contributed by atoms with Crippen molar-refractivity contribution in [3.8, 4) is 33.4 Å². The maximum atomic E-state index is 5.61. The van der Waals surface area contributed by atoms with Gasteiger partial charge >= 0.3 is 0 Å². The Kier molecular flexibility index (Phi) is 4.49. The van der Waals surface area contributed by atoms with Crippen LogP contribution in [-0.4, -0.2) is 9.97 Å². The average Bonchev–Trinajstić information content (AvgIpc) is 3.65. The number of nitrogens with zero attached hydrogens (tertiary/aromatic N) is 2. The second-order valence-corrected chi connectivity index (χ2v) is 9.59. The van der Waals surface area contributed by atoms with Crippen LogP contribution >= 0.6 is 0 Å². The minimum Gasteiger partial charge on any atom is -0.443 e. The summed E-state index contributed by atoms with van der Waals surface area (Å²) in [4.78, 5) is 8.56. The molecular weight excluding hydrogens is 468 g/mol. The molecule has 38 heavy (non-hydrogen) atoms. The van der Waals surface area contributed by atoms with Crippen molar-refractivity contribution in [3.63, 3.8) is 0 Å². The lowest BCUT2D eigenvalue weighted by atomic mass is 9.91. The van der Waals surface area contributed by atoms with Crippen LogP contribution in [0.25, 0.3) is 77.1 Å². The number of hydrogen-bond acceptors (Lipinski definition) is 4. The van der Waals surface area contributed by atoms with E-state index in [9.17, 15) is 0 Å². The van der Waals surface area contributed by atoms with Crippen LogP contribution in [0, 0.1) is 0 Å². The maximum Gasteiger partial charge on any atom is 0.181 e. The molecule has 0 fully saturated rings. The Morgan fingerprint density at radius 1 is 0.395 bits per heavy atom. The topological polar surface area (TPSA) is 52.1 Å². The first-order valence-electron chi connectivity index (χ1n) is 12.5. The molecule has 4 nitrogen and oxygen atoms in total. The molecule has 8 aromatic rings. The van der Waals surface area contributed by atoms with E-state index < -0.39 is 0 Å². The first-order chi connectivity index (χ1) is 18.8. The monoisotopic (exact) mass is 488 g/mol. The van der Waals surface area contributed by atoms with E-state index in [4.69, 9.17) is 8.83 Å². The van der Waals surface area contributed by atoms with Crippen LogP contribution in [0.5, 0.6) is 0 Å². The molecule has 0 bridgehead atoms. The highest BCUT2D eigenvalue weighted by atomic mass is 16.3. The van der Waals surface area contributed by atoms with Gasteiger partial charge in [-0.05, 0) is 103 Å². The van der Waals surface area contributed by atoms with Gasteiger partial charge in [-0.15, -0.1) is 0 Å². The second kappa shape index (κ2) is 8.15. The Bertz CT molecular complexity index is 2060. The Morgan fingerprint density at radius 3 is 1.53 bits per heavy atom. The number of aromatic nitrogens is 2. The normalized spacial score (nSPS) is 11.7. The number of benzene rings is 6. The zero-order valence-electron chi connectivity index (χ0n) is 20.3. The highest BCUT2D eigenvalue weighted by Gasteiger charge is 2.12. The van der Waals surface area contributed by atoms with Crippen LogP contribution in [0.3, 0.4) is 0 Å². The molecule has 0 unspecified atom stereocenters. The highest BCUT2D eigenvalue weighted by Crippen LogP contribution is 2.36. The van der Waals surface area contributed by atoms with E-state index in [2.05, 4.69) is 107 Å². The van der Waals surface area contributed by atoms with E-state index in [1.165, 1.54) is 39.9 Å². The van der Waals surface area contributed by atoms with Gasteiger partial charge in [0.15, 0.2) is 24.0 Å². The number of hydrogen-bond donors (Lipinski definition) is 0. The average molecular weight is 489 g/mol. The fraction of sp³-hybridized carbons (Fsp3) is 0. The number of oxazole rings is 2. The first kappa shape index (κ1) is 20.9. The first-order valence-corrected chi connectivity index (χ1v) is 12.5. The smallest absolute Gasteiger partial charge is 0.181 e. The summed E-state index contributed by atoms with van der Waals surface area (Å²) in [5.41, 5.74) is 9.90. The molecule has 2 aromatic heterocycles. The summed E-state index contributed by atoms with van der Waals surface area (Å²) in [7, 11) is 0. The molecule has 0 saturated carbocycles. The summed E-state index contributed by atoms with van der Waals surface area (Å²) in [5, 5.41) is 4.98. The quantitative estimate of drug-likeness (QED) is 0.233. The van der Waals surface area contributed by atoms with Crippen molar-refractivity contribution >= 4 is 43.7 Å². The molecule has 178 valence electrons. The van der Waals surface area contributed by atoms with E-state index in [-0.39, 0.29) is 0 Å². The molecule has 0 aliphatic carbocycles. The molecule has 2 heterocycles. The van der Waals surface area contributed by atoms with Crippen LogP contribution in [0.15, 0.2) is 131 Å². The van der Waals surface area contributed by atoms with E-state index in [0.29, 0.717) is 0 Å². The number of rotatable bonds is 3. The SMILES string of the molecule is c1ccc2c(c1)ccc1ccc(-c3cc(-c4ccc5ncoc5c4)cc(-c4ccc5ncoc5c4)c3)cc12. The molecule has 0 atom stereocenters. The molecule has 0 aliphatic rings. The van der Waals surface area contributed by atoms with Crippen molar-refractivity contribution in [2.24, 2.45) is 0 Å². The minimum atomic E-state index is 0.773. The Hall–Kier alpha value is -5.22. The molecule has 4 heteroatoms. The summed E-state index contributed by atoms with van der Waals surface area (Å²) < 4.78 is 11.2. The lowest BCUT2D eigenvalue weighted by Crippen LogP contribution is -1.87. The van der Waals surface area contributed by atoms with Crippen LogP contribution in [0.2, 0.25) is 0 Å². The Morgan fingerprint density at radius 2 is 0.895 bits per heavy atom. The van der Waals surface area contributed by atoms with Crippen molar-refractivity contribution in [2.45, 2.75) is 0 Å². The van der Waals surface area contributed by atoms with E-state index >= 15 is 0 Å². The third-order valence-corrected chi connectivity index (χ3v) is 7.34. The third-order valence-electron chi connectivity index (χ3n) is 7.34. The van der Waals surface area contributed by atoms with Crippen molar-refractivity contribution in [2.75, 3.05) is 0 Å². The van der Waals surface area contributed by atoms with E-state index in [1.54, 1.807) is 0 Å². The van der Waals surface area contributed by atoms with Crippen LogP contribution in [0.4, 0.5) is 0 Å². The van der Waals surface area contributed by atoms with Crippen LogP contribution < -0.4 is 0 Å². The summed E-state index contributed by atoms with van der Waals surface area (Å²) in [6.45, 7) is 0. The van der Waals surface area contributed by atoms with E-state index in [0.717, 1.165) is 50.0 Å². The molecular formula is C34H20N2O2. The molecule has 0 radical (unpaired) electrons. The van der Waals surface area contributed by atoms with Gasteiger partial charge in [0.2, 0.25) is 0 Å². The van der Waals surface area contributed by atoms with Crippen molar-refractivity contribution < 1.29 is 8.83 Å². The van der Waals surface area contributed by atoms with Gasteiger partial charge in [-0.25, -0.2) is 9.97 Å². The van der Waals surface area contributed by atoms with Gasteiger partial charge in [0.05, 0.1) is 0 Å². The summed E-state index contributed by atoms with van der Waals surface area (Å²) >= 11 is 0. The van der Waals surface area contributed by atoms with E-state index in [1.807, 2.05) is 12.1 Å². The fourth-order valence-corrected chi connectivity index (χ4v) is 5.38. The largest absolute Gasteiger partial charge is 0.443 e. The third kappa shape index (κ3) is 3.39. The van der Waals surface area contributed by atoms with Gasteiger partial charge in [0.25, 0.3) is 0 Å². The lowest BCUT2D eigenvalue weighted by molar-refractivity contribution is 0.602. The standard InChI is InChI=1S/C34H20N2O2/c1-2-4-29-21(3-1)5-6-22-7-8-23(16-30(22)29)26-13-27(24-9-11-31-33(17-24)37-19-35-31)15-28(14-26)25-10-12-32-34(18-25)38-20-36-32/h1-20H. The summed E-state index contributed by atoms with van der Waals surface area (Å²) in [6, 6.07) is 38.7. The summed E-state index contributed by atoms with van der Waals surface area (Å²) in [6.07, 6.45) is 2.98. The van der Waals surface area contributed by atoms with Gasteiger partial charge < -0.3 is 8.83 Å². The highest BCUT2D eigenvalue weighted by molar-refractivity contribution is 6.08. The Labute approximate surface area is 217 Å².